The van der Waals surface area contributed by atoms with Gasteiger partial charge in [-0.2, -0.15) is 0 Å². The number of aromatic nitrogens is 1. The molecule has 27 heavy (non-hydrogen) atoms. The highest BCUT2D eigenvalue weighted by Crippen LogP contribution is 2.31. The number of hydrogen-bond acceptors (Lipinski definition) is 4. The molecule has 2 aromatic rings. The number of aliphatic carboxylic acids is 2. The van der Waals surface area contributed by atoms with E-state index < -0.39 is 11.9 Å². The van der Waals surface area contributed by atoms with Gasteiger partial charge in [0.05, 0.1) is 0 Å². The van der Waals surface area contributed by atoms with Gasteiger partial charge in [-0.25, -0.2) is 9.59 Å². The fourth-order valence-corrected chi connectivity index (χ4v) is 3.02. The fraction of sp³-hybridized carbons (Fsp3) is 0.286. The molecular formula is C21H24N2O4. The summed E-state index contributed by atoms with van der Waals surface area (Å²) in [5.41, 5.74) is 5.11. The number of carbonyl (C=O) groups is 2. The number of pyridine rings is 1. The second kappa shape index (κ2) is 9.64. The van der Waals surface area contributed by atoms with Crippen molar-refractivity contribution in [1.29, 1.82) is 0 Å². The number of rotatable bonds is 4. The van der Waals surface area contributed by atoms with Crippen LogP contribution in [-0.4, -0.2) is 45.6 Å². The summed E-state index contributed by atoms with van der Waals surface area (Å²) in [4.78, 5) is 26.0. The first-order chi connectivity index (χ1) is 12.9. The molecule has 6 nitrogen and oxygen atoms in total. The molecule has 2 N–H and O–H groups in total. The van der Waals surface area contributed by atoms with Crippen LogP contribution < -0.4 is 0 Å². The summed E-state index contributed by atoms with van der Waals surface area (Å²) in [5, 5.41) is 15.6. The molecule has 1 aliphatic rings. The van der Waals surface area contributed by atoms with E-state index in [0.29, 0.717) is 18.2 Å². The maximum absolute atomic E-state index is 9.55. The first-order valence-electron chi connectivity index (χ1n) is 8.73. The van der Waals surface area contributed by atoms with E-state index >= 15 is 0 Å². The lowest BCUT2D eigenvalue weighted by Gasteiger charge is -2.19. The summed E-state index contributed by atoms with van der Waals surface area (Å²) < 4.78 is 0. The molecule has 0 aliphatic carbocycles. The van der Waals surface area contributed by atoms with Crippen LogP contribution in [0.25, 0.3) is 11.1 Å². The number of nitrogens with zero attached hydrogens (tertiary/aromatic N) is 2. The summed E-state index contributed by atoms with van der Waals surface area (Å²) in [7, 11) is 2.20. The van der Waals surface area contributed by atoms with Gasteiger partial charge >= 0.3 is 11.9 Å². The van der Waals surface area contributed by atoms with E-state index in [1.54, 1.807) is 0 Å². The lowest BCUT2D eigenvalue weighted by atomic mass is 10.0. The predicted octanol–water partition coefficient (Wildman–Crippen LogP) is 3.54. The van der Waals surface area contributed by atoms with Crippen molar-refractivity contribution in [2.45, 2.75) is 25.8 Å². The summed E-state index contributed by atoms with van der Waals surface area (Å²) in [5.74, 6) is -2.51. The molecule has 1 aliphatic heterocycles. The van der Waals surface area contributed by atoms with Crippen LogP contribution in [0.5, 0.6) is 0 Å². The average molecular weight is 368 g/mol. The van der Waals surface area contributed by atoms with Gasteiger partial charge in [0.1, 0.15) is 0 Å². The van der Waals surface area contributed by atoms with Crippen molar-refractivity contribution in [3.63, 3.8) is 0 Å². The Hall–Kier alpha value is -2.99. The van der Waals surface area contributed by atoms with Gasteiger partial charge in [-0.1, -0.05) is 29.8 Å². The van der Waals surface area contributed by atoms with E-state index in [1.165, 1.54) is 41.6 Å². The minimum atomic E-state index is -1.26. The Bertz CT molecular complexity index is 799. The summed E-state index contributed by atoms with van der Waals surface area (Å²) in [6.07, 6.45) is 7.63. The molecule has 1 unspecified atom stereocenters. The molecule has 1 aromatic carbocycles. The third kappa shape index (κ3) is 6.34. The molecule has 0 spiro atoms. The normalized spacial score (nSPS) is 16.7. The Morgan fingerprint density at radius 2 is 1.70 bits per heavy atom. The van der Waals surface area contributed by atoms with Crippen molar-refractivity contribution in [1.82, 2.24) is 9.88 Å². The fourth-order valence-electron chi connectivity index (χ4n) is 3.02. The Labute approximate surface area is 158 Å². The minimum absolute atomic E-state index is 0.540. The summed E-state index contributed by atoms with van der Waals surface area (Å²) >= 11 is 0. The van der Waals surface area contributed by atoms with Gasteiger partial charge in [-0.05, 0) is 50.6 Å². The van der Waals surface area contributed by atoms with Gasteiger partial charge in [0.25, 0.3) is 0 Å². The van der Waals surface area contributed by atoms with Crippen LogP contribution in [0.15, 0.2) is 54.9 Å². The third-order valence-corrected chi connectivity index (χ3v) is 4.42. The topological polar surface area (TPSA) is 90.7 Å². The minimum Gasteiger partial charge on any atom is -0.478 e. The Morgan fingerprint density at radius 1 is 1.07 bits per heavy atom. The number of hydrogen-bond donors (Lipinski definition) is 2. The zero-order chi connectivity index (χ0) is 19.8. The first kappa shape index (κ1) is 20.3. The molecule has 0 radical (unpaired) electrons. The van der Waals surface area contributed by atoms with Crippen molar-refractivity contribution >= 4 is 11.9 Å². The number of carboxylic acids is 2. The van der Waals surface area contributed by atoms with Crippen LogP contribution in [0, 0.1) is 6.92 Å². The zero-order valence-electron chi connectivity index (χ0n) is 15.5. The molecule has 2 heterocycles. The highest BCUT2D eigenvalue weighted by atomic mass is 16.4. The standard InChI is InChI=1S/C17H20N2.C4H4O4/c1-13-5-7-14(8-6-13)15-10-16(12-18-11-15)17-4-3-9-19(17)2;5-3(6)1-2-4(7)8/h5-8,10-12,17H,3-4,9H2,1-2H3;1-2H,(H,5,6)(H,7,8). The lowest BCUT2D eigenvalue weighted by Crippen LogP contribution is -2.17. The molecule has 1 aromatic heterocycles. The summed E-state index contributed by atoms with van der Waals surface area (Å²) in [6.45, 7) is 3.31. The number of likely N-dealkylation sites (tertiary alicyclic amines) is 1. The maximum atomic E-state index is 9.55. The van der Waals surface area contributed by atoms with E-state index in [4.69, 9.17) is 10.2 Å². The van der Waals surface area contributed by atoms with Gasteiger partial charge in [-0.3, -0.25) is 9.88 Å². The number of carboxylic acid groups (broad SMARTS) is 2. The van der Waals surface area contributed by atoms with Gasteiger partial charge < -0.3 is 10.2 Å². The Kier molecular flexibility index (Phi) is 7.25. The second-order valence-corrected chi connectivity index (χ2v) is 6.52. The van der Waals surface area contributed by atoms with Crippen molar-refractivity contribution in [2.75, 3.05) is 13.6 Å². The molecular weight excluding hydrogens is 344 g/mol. The van der Waals surface area contributed by atoms with Crippen molar-refractivity contribution in [3.05, 3.63) is 66.0 Å². The highest BCUT2D eigenvalue weighted by Gasteiger charge is 2.22. The van der Waals surface area contributed by atoms with Crippen LogP contribution >= 0.6 is 0 Å². The highest BCUT2D eigenvalue weighted by molar-refractivity contribution is 5.89. The maximum Gasteiger partial charge on any atom is 0.328 e. The predicted molar refractivity (Wildman–Crippen MR) is 103 cm³/mol. The van der Waals surface area contributed by atoms with Gasteiger partial charge in [0, 0.05) is 36.2 Å². The molecule has 1 fully saturated rings. The van der Waals surface area contributed by atoms with Crippen LogP contribution in [0.4, 0.5) is 0 Å². The third-order valence-electron chi connectivity index (χ3n) is 4.42. The van der Waals surface area contributed by atoms with Gasteiger partial charge in [0.15, 0.2) is 0 Å². The lowest BCUT2D eigenvalue weighted by molar-refractivity contribution is -0.134. The number of benzene rings is 1. The van der Waals surface area contributed by atoms with E-state index in [0.717, 1.165) is 0 Å². The Balaban J connectivity index is 0.000000279. The molecule has 0 amide bonds. The molecule has 0 saturated carbocycles. The number of aryl methyl sites for hydroxylation is 1. The van der Waals surface area contributed by atoms with Crippen LogP contribution in [0.2, 0.25) is 0 Å². The molecule has 1 saturated heterocycles. The van der Waals surface area contributed by atoms with E-state index in [-0.39, 0.29) is 0 Å². The average Bonchev–Trinajstić information content (AvgIpc) is 3.07. The van der Waals surface area contributed by atoms with Crippen LogP contribution in [0.1, 0.15) is 30.0 Å². The van der Waals surface area contributed by atoms with Crippen molar-refractivity contribution in [2.24, 2.45) is 0 Å². The van der Waals surface area contributed by atoms with Crippen LogP contribution in [-0.2, 0) is 9.59 Å². The SMILES string of the molecule is Cc1ccc(-c2cncc(C3CCCN3C)c2)cc1.O=C(O)C=CC(=O)O. The smallest absolute Gasteiger partial charge is 0.328 e. The van der Waals surface area contributed by atoms with Crippen molar-refractivity contribution < 1.29 is 19.8 Å². The van der Waals surface area contributed by atoms with Gasteiger partial charge in [0.2, 0.25) is 0 Å². The Morgan fingerprint density at radius 3 is 2.22 bits per heavy atom. The molecule has 142 valence electrons. The second-order valence-electron chi connectivity index (χ2n) is 6.52. The zero-order valence-corrected chi connectivity index (χ0v) is 15.5. The van der Waals surface area contributed by atoms with Crippen molar-refractivity contribution in [3.8, 4) is 11.1 Å². The quantitative estimate of drug-likeness (QED) is 0.802. The molecule has 6 heteroatoms. The molecule has 3 rings (SSSR count). The van der Waals surface area contributed by atoms with E-state index in [9.17, 15) is 9.59 Å². The van der Waals surface area contributed by atoms with E-state index in [2.05, 4.69) is 54.2 Å². The monoisotopic (exact) mass is 368 g/mol. The summed E-state index contributed by atoms with van der Waals surface area (Å²) in [6, 6.07) is 11.5. The first-order valence-corrected chi connectivity index (χ1v) is 8.73. The van der Waals surface area contributed by atoms with Gasteiger partial charge in [-0.15, -0.1) is 0 Å². The molecule has 0 bridgehead atoms. The largest absolute Gasteiger partial charge is 0.478 e. The van der Waals surface area contributed by atoms with E-state index in [1.807, 2.05) is 12.4 Å². The van der Waals surface area contributed by atoms with Crippen LogP contribution in [0.3, 0.4) is 0 Å². The molecule has 1 atom stereocenters.